The molecule has 1 saturated heterocycles. The molecule has 0 aromatic heterocycles. The third kappa shape index (κ3) is 1.67. The van der Waals surface area contributed by atoms with E-state index in [1.165, 1.54) is 11.9 Å². The van der Waals surface area contributed by atoms with Crippen molar-refractivity contribution in [2.24, 2.45) is 0 Å². The molecule has 0 N–H and O–H groups in total. The van der Waals surface area contributed by atoms with Gasteiger partial charge in [-0.25, -0.2) is 0 Å². The lowest BCUT2D eigenvalue weighted by Gasteiger charge is -2.25. The molecule has 1 nitrogen and oxygen atoms in total. The summed E-state index contributed by atoms with van der Waals surface area (Å²) < 4.78 is 36.4. The van der Waals surface area contributed by atoms with Crippen molar-refractivity contribution in [1.29, 1.82) is 0 Å². The standard InChI is InChI=1S/C7H12F3N/c1-5-3-4-6(11(5)2)7(8,9)10/h5-6H,3-4H2,1-2H3/t5-,6?/m1/s1. The van der Waals surface area contributed by atoms with E-state index in [1.54, 1.807) is 0 Å². The zero-order valence-electron chi connectivity index (χ0n) is 6.65. The van der Waals surface area contributed by atoms with Crippen molar-refractivity contribution in [3.05, 3.63) is 0 Å². The third-order valence-corrected chi connectivity index (χ3v) is 2.42. The first-order valence-corrected chi connectivity index (χ1v) is 3.71. The van der Waals surface area contributed by atoms with Crippen LogP contribution in [0.3, 0.4) is 0 Å². The average molecular weight is 167 g/mol. The van der Waals surface area contributed by atoms with Crippen LogP contribution in [0.1, 0.15) is 19.8 Å². The molecule has 0 amide bonds. The van der Waals surface area contributed by atoms with E-state index in [2.05, 4.69) is 0 Å². The maximum atomic E-state index is 12.1. The van der Waals surface area contributed by atoms with Gasteiger partial charge in [-0.3, -0.25) is 4.90 Å². The average Bonchev–Trinajstić information content (AvgIpc) is 2.11. The molecule has 0 saturated carbocycles. The number of hydrogen-bond acceptors (Lipinski definition) is 1. The van der Waals surface area contributed by atoms with Crippen LogP contribution in [0.2, 0.25) is 0 Å². The van der Waals surface area contributed by atoms with Crippen LogP contribution in [0.25, 0.3) is 0 Å². The summed E-state index contributed by atoms with van der Waals surface area (Å²) >= 11 is 0. The van der Waals surface area contributed by atoms with E-state index in [4.69, 9.17) is 0 Å². The fourth-order valence-corrected chi connectivity index (χ4v) is 1.51. The van der Waals surface area contributed by atoms with Gasteiger partial charge in [-0.05, 0) is 26.8 Å². The quantitative estimate of drug-likeness (QED) is 0.533. The highest BCUT2D eigenvalue weighted by Gasteiger charge is 2.46. The van der Waals surface area contributed by atoms with Crippen molar-refractivity contribution < 1.29 is 13.2 Å². The van der Waals surface area contributed by atoms with Gasteiger partial charge in [-0.2, -0.15) is 13.2 Å². The Kier molecular flexibility index (Phi) is 2.14. The molecule has 11 heavy (non-hydrogen) atoms. The molecule has 1 aliphatic heterocycles. The predicted molar refractivity (Wildman–Crippen MR) is 36.3 cm³/mol. The molecule has 1 unspecified atom stereocenters. The highest BCUT2D eigenvalue weighted by Crippen LogP contribution is 2.34. The Morgan fingerprint density at radius 2 is 1.82 bits per heavy atom. The van der Waals surface area contributed by atoms with Crippen molar-refractivity contribution in [3.8, 4) is 0 Å². The van der Waals surface area contributed by atoms with Gasteiger partial charge in [0.15, 0.2) is 0 Å². The number of halogens is 3. The Morgan fingerprint density at radius 1 is 1.27 bits per heavy atom. The van der Waals surface area contributed by atoms with Crippen molar-refractivity contribution >= 4 is 0 Å². The van der Waals surface area contributed by atoms with Gasteiger partial charge in [0, 0.05) is 6.04 Å². The second-order valence-electron chi connectivity index (χ2n) is 3.15. The molecule has 0 spiro atoms. The summed E-state index contributed by atoms with van der Waals surface area (Å²) in [7, 11) is 1.54. The Balaban J connectivity index is 2.62. The summed E-state index contributed by atoms with van der Waals surface area (Å²) in [4.78, 5) is 1.40. The minimum atomic E-state index is -4.04. The van der Waals surface area contributed by atoms with Gasteiger partial charge < -0.3 is 0 Å². The Bertz CT molecular complexity index is 143. The molecule has 4 heteroatoms. The molecule has 2 atom stereocenters. The van der Waals surface area contributed by atoms with Crippen LogP contribution in [0.4, 0.5) is 13.2 Å². The minimum absolute atomic E-state index is 0.0709. The molecule has 0 aromatic carbocycles. The largest absolute Gasteiger partial charge is 0.404 e. The Hall–Kier alpha value is -0.250. The van der Waals surface area contributed by atoms with Crippen LogP contribution >= 0.6 is 0 Å². The van der Waals surface area contributed by atoms with E-state index in [-0.39, 0.29) is 12.5 Å². The number of alkyl halides is 3. The number of nitrogens with zero attached hydrogens (tertiary/aromatic N) is 1. The molecular formula is C7H12F3N. The topological polar surface area (TPSA) is 3.24 Å². The number of rotatable bonds is 0. The molecule has 0 bridgehead atoms. The van der Waals surface area contributed by atoms with Crippen molar-refractivity contribution in [2.45, 2.75) is 38.0 Å². The third-order valence-electron chi connectivity index (χ3n) is 2.42. The maximum absolute atomic E-state index is 12.1. The van der Waals surface area contributed by atoms with Crippen LogP contribution < -0.4 is 0 Å². The summed E-state index contributed by atoms with van der Waals surface area (Å²) in [5.41, 5.74) is 0. The van der Waals surface area contributed by atoms with E-state index >= 15 is 0 Å². The highest BCUT2D eigenvalue weighted by molar-refractivity contribution is 4.87. The molecule has 1 heterocycles. The summed E-state index contributed by atoms with van der Waals surface area (Å²) in [6.45, 7) is 1.83. The first-order valence-electron chi connectivity index (χ1n) is 3.71. The lowest BCUT2D eigenvalue weighted by molar-refractivity contribution is -0.175. The smallest absolute Gasteiger partial charge is 0.293 e. The van der Waals surface area contributed by atoms with Crippen molar-refractivity contribution in [3.63, 3.8) is 0 Å². The van der Waals surface area contributed by atoms with Gasteiger partial charge in [0.1, 0.15) is 6.04 Å². The first kappa shape index (κ1) is 8.84. The maximum Gasteiger partial charge on any atom is 0.404 e. The van der Waals surface area contributed by atoms with Gasteiger partial charge in [0.05, 0.1) is 0 Å². The molecule has 0 aliphatic carbocycles. The van der Waals surface area contributed by atoms with Gasteiger partial charge in [-0.15, -0.1) is 0 Å². The molecular weight excluding hydrogens is 155 g/mol. The second kappa shape index (κ2) is 2.66. The van der Waals surface area contributed by atoms with Gasteiger partial charge >= 0.3 is 6.18 Å². The zero-order valence-corrected chi connectivity index (χ0v) is 6.65. The summed E-state index contributed by atoms with van der Waals surface area (Å²) in [5.74, 6) is 0. The van der Waals surface area contributed by atoms with Crippen molar-refractivity contribution in [2.75, 3.05) is 7.05 Å². The fourth-order valence-electron chi connectivity index (χ4n) is 1.51. The van der Waals surface area contributed by atoms with E-state index in [1.807, 2.05) is 6.92 Å². The van der Waals surface area contributed by atoms with E-state index in [9.17, 15) is 13.2 Å². The predicted octanol–water partition coefficient (Wildman–Crippen LogP) is 2.03. The summed E-state index contributed by atoms with van der Waals surface area (Å²) in [5, 5.41) is 0. The first-order chi connectivity index (χ1) is 4.93. The second-order valence-corrected chi connectivity index (χ2v) is 3.15. The van der Waals surface area contributed by atoms with E-state index < -0.39 is 12.2 Å². The number of likely N-dealkylation sites (tertiary alicyclic amines) is 1. The normalized spacial score (nSPS) is 34.6. The minimum Gasteiger partial charge on any atom is -0.293 e. The Morgan fingerprint density at radius 3 is 2.00 bits per heavy atom. The van der Waals surface area contributed by atoms with Crippen LogP contribution in [-0.2, 0) is 0 Å². The van der Waals surface area contributed by atoms with Gasteiger partial charge in [0.2, 0.25) is 0 Å². The lowest BCUT2D eigenvalue weighted by atomic mass is 10.2. The lowest BCUT2D eigenvalue weighted by Crippen LogP contribution is -2.41. The van der Waals surface area contributed by atoms with Crippen LogP contribution in [0.5, 0.6) is 0 Å². The molecule has 1 fully saturated rings. The molecule has 66 valence electrons. The fraction of sp³-hybridized carbons (Fsp3) is 1.00. The molecule has 0 radical (unpaired) electrons. The van der Waals surface area contributed by atoms with Crippen LogP contribution in [0, 0.1) is 0 Å². The Labute approximate surface area is 64.2 Å². The van der Waals surface area contributed by atoms with E-state index in [0.29, 0.717) is 6.42 Å². The van der Waals surface area contributed by atoms with Crippen molar-refractivity contribution in [1.82, 2.24) is 4.90 Å². The highest BCUT2D eigenvalue weighted by atomic mass is 19.4. The SMILES string of the molecule is C[C@@H]1CCC(C(F)(F)F)N1C. The van der Waals surface area contributed by atoms with E-state index in [0.717, 1.165) is 0 Å². The van der Waals surface area contributed by atoms with Crippen LogP contribution in [0.15, 0.2) is 0 Å². The van der Waals surface area contributed by atoms with Crippen LogP contribution in [-0.4, -0.2) is 30.2 Å². The summed E-state index contributed by atoms with van der Waals surface area (Å²) in [6, 6.07) is -1.14. The van der Waals surface area contributed by atoms with Gasteiger partial charge in [0.25, 0.3) is 0 Å². The number of hydrogen-bond donors (Lipinski definition) is 0. The van der Waals surface area contributed by atoms with Gasteiger partial charge in [-0.1, -0.05) is 0 Å². The molecule has 1 aliphatic rings. The monoisotopic (exact) mass is 167 g/mol. The summed E-state index contributed by atoms with van der Waals surface area (Å²) in [6.07, 6.45) is -3.14. The molecule has 0 aromatic rings. The molecule has 1 rings (SSSR count). The zero-order chi connectivity index (χ0) is 8.65.